The van der Waals surface area contributed by atoms with Crippen molar-refractivity contribution in [1.29, 1.82) is 0 Å². The molecule has 0 aliphatic carbocycles. The monoisotopic (exact) mass is 304 g/mol. The minimum absolute atomic E-state index is 0.162. The molecule has 22 heavy (non-hydrogen) atoms. The van der Waals surface area contributed by atoms with E-state index >= 15 is 0 Å². The predicted molar refractivity (Wildman–Crippen MR) is 79.3 cm³/mol. The van der Waals surface area contributed by atoms with E-state index in [0.717, 1.165) is 12.8 Å². The highest BCUT2D eigenvalue weighted by atomic mass is 16.5. The Kier molecular flexibility index (Phi) is 5.21. The van der Waals surface area contributed by atoms with Crippen LogP contribution >= 0.6 is 0 Å². The fraction of sp³-hybridized carbons (Fsp3) is 0.429. The van der Waals surface area contributed by atoms with E-state index < -0.39 is 5.78 Å². The zero-order chi connectivity index (χ0) is 15.9. The van der Waals surface area contributed by atoms with Crippen molar-refractivity contribution in [1.82, 2.24) is 0 Å². The number of ether oxygens (including phenoxy) is 2. The molecule has 1 aromatic rings. The van der Waals surface area contributed by atoms with Gasteiger partial charge in [-0.25, -0.2) is 0 Å². The van der Waals surface area contributed by atoms with Gasteiger partial charge in [-0.2, -0.15) is 0 Å². The lowest BCUT2D eigenvalue weighted by atomic mass is 10.1. The molecule has 0 fully saturated rings. The third-order valence-corrected chi connectivity index (χ3v) is 3.03. The van der Waals surface area contributed by atoms with Crippen LogP contribution in [0.25, 0.3) is 10.4 Å². The lowest BCUT2D eigenvalue weighted by Crippen LogP contribution is -2.27. The molecule has 8 nitrogen and oxygen atoms in total. The van der Waals surface area contributed by atoms with Gasteiger partial charge in [-0.3, -0.25) is 9.59 Å². The summed E-state index contributed by atoms with van der Waals surface area (Å²) in [6.45, 7) is 2.07. The third-order valence-electron chi connectivity index (χ3n) is 3.03. The van der Waals surface area contributed by atoms with Crippen molar-refractivity contribution in [3.8, 4) is 11.5 Å². The molecule has 1 aliphatic heterocycles. The van der Waals surface area contributed by atoms with Gasteiger partial charge < -0.3 is 14.8 Å². The number of nitrogens with zero attached hydrogens (tertiary/aromatic N) is 3. The van der Waals surface area contributed by atoms with E-state index in [2.05, 4.69) is 15.3 Å². The Balaban J connectivity index is 2.34. The number of carbonyl (C=O) groups is 2. The van der Waals surface area contributed by atoms with Crippen LogP contribution < -0.4 is 14.8 Å². The molecule has 0 radical (unpaired) electrons. The van der Waals surface area contributed by atoms with Crippen molar-refractivity contribution in [3.63, 3.8) is 0 Å². The van der Waals surface area contributed by atoms with Crippen LogP contribution in [0.15, 0.2) is 17.2 Å². The topological polar surface area (TPSA) is 113 Å². The summed E-state index contributed by atoms with van der Waals surface area (Å²) in [6.07, 6.45) is 1.86. The molecular weight excluding hydrogens is 288 g/mol. The Hall–Kier alpha value is -2.73. The van der Waals surface area contributed by atoms with Crippen LogP contribution in [0, 0.1) is 0 Å². The first kappa shape index (κ1) is 15.7. The summed E-state index contributed by atoms with van der Waals surface area (Å²) in [7, 11) is 0. The van der Waals surface area contributed by atoms with Gasteiger partial charge in [0.1, 0.15) is 5.75 Å². The molecule has 1 aliphatic rings. The maximum Gasteiger partial charge on any atom is 0.262 e. The summed E-state index contributed by atoms with van der Waals surface area (Å²) in [6, 6.07) is 3.16. The maximum absolute atomic E-state index is 12.1. The molecule has 0 saturated heterocycles. The molecule has 0 atom stereocenters. The molecule has 8 heteroatoms. The van der Waals surface area contributed by atoms with Crippen LogP contribution in [0.5, 0.6) is 11.5 Å². The molecule has 116 valence electrons. The number of hydrogen-bond acceptors (Lipinski definition) is 5. The average Bonchev–Trinajstić information content (AvgIpc) is 2.51. The van der Waals surface area contributed by atoms with Gasteiger partial charge in [-0.15, -0.1) is 0 Å². The first-order valence-corrected chi connectivity index (χ1v) is 6.93. The molecule has 1 N–H and O–H groups in total. The lowest BCUT2D eigenvalue weighted by Gasteiger charge is -2.21. The van der Waals surface area contributed by atoms with Crippen molar-refractivity contribution in [2.45, 2.75) is 19.8 Å². The van der Waals surface area contributed by atoms with Gasteiger partial charge in [0.2, 0.25) is 0 Å². The van der Waals surface area contributed by atoms with Crippen LogP contribution in [-0.4, -0.2) is 31.4 Å². The van der Waals surface area contributed by atoms with E-state index in [1.54, 1.807) is 12.1 Å². The summed E-state index contributed by atoms with van der Waals surface area (Å²) in [5.74, 6) is 0.0423. The fourth-order valence-corrected chi connectivity index (χ4v) is 1.98. The second-order valence-electron chi connectivity index (χ2n) is 4.70. The highest BCUT2D eigenvalue weighted by Gasteiger charge is 2.24. The molecule has 0 aromatic heterocycles. The Morgan fingerprint density at radius 2 is 2.36 bits per heavy atom. The van der Waals surface area contributed by atoms with Crippen LogP contribution in [0.3, 0.4) is 0 Å². The number of Topliss-reactive ketones (excluding diaryl/α,β-unsaturated/α-hetero) is 1. The van der Waals surface area contributed by atoms with Crippen molar-refractivity contribution >= 4 is 17.4 Å². The van der Waals surface area contributed by atoms with Crippen LogP contribution in [0.4, 0.5) is 5.69 Å². The van der Waals surface area contributed by atoms with E-state index in [4.69, 9.17) is 15.0 Å². The molecule has 0 spiro atoms. The molecule has 0 saturated carbocycles. The number of rotatable bonds is 7. The molecular formula is C14H16N4O4. The highest BCUT2D eigenvalue weighted by Crippen LogP contribution is 2.36. The van der Waals surface area contributed by atoms with E-state index in [1.807, 2.05) is 6.92 Å². The molecule has 1 amide bonds. The summed E-state index contributed by atoms with van der Waals surface area (Å²) >= 11 is 0. The summed E-state index contributed by atoms with van der Waals surface area (Å²) in [5.41, 5.74) is 8.94. The van der Waals surface area contributed by atoms with Crippen LogP contribution in [0.2, 0.25) is 0 Å². The van der Waals surface area contributed by atoms with E-state index in [-0.39, 0.29) is 30.4 Å². The van der Waals surface area contributed by atoms with Crippen molar-refractivity contribution in [3.05, 3.63) is 28.1 Å². The highest BCUT2D eigenvalue weighted by molar-refractivity contribution is 6.05. The summed E-state index contributed by atoms with van der Waals surface area (Å²) in [5, 5.41) is 5.91. The second kappa shape index (κ2) is 7.33. The number of anilines is 1. The van der Waals surface area contributed by atoms with Crippen LogP contribution in [-0.2, 0) is 4.79 Å². The second-order valence-corrected chi connectivity index (χ2v) is 4.70. The lowest BCUT2D eigenvalue weighted by molar-refractivity contribution is -0.118. The normalized spacial score (nSPS) is 12.5. The Bertz CT molecular complexity index is 638. The van der Waals surface area contributed by atoms with Gasteiger partial charge in [0, 0.05) is 11.0 Å². The Morgan fingerprint density at radius 3 is 3.09 bits per heavy atom. The molecule has 2 rings (SSSR count). The van der Waals surface area contributed by atoms with Gasteiger partial charge in [-0.05, 0) is 18.0 Å². The largest absolute Gasteiger partial charge is 0.493 e. The van der Waals surface area contributed by atoms with E-state index in [1.165, 1.54) is 0 Å². The number of nitrogens with one attached hydrogen (secondary N) is 1. The minimum Gasteiger partial charge on any atom is -0.493 e. The number of benzene rings is 1. The van der Waals surface area contributed by atoms with Crippen LogP contribution in [0.1, 0.15) is 30.1 Å². The van der Waals surface area contributed by atoms with Crippen molar-refractivity contribution in [2.75, 3.05) is 25.1 Å². The van der Waals surface area contributed by atoms with E-state index in [9.17, 15) is 9.59 Å². The molecule has 1 aromatic carbocycles. The third kappa shape index (κ3) is 3.67. The number of ketones is 1. The average molecular weight is 304 g/mol. The summed E-state index contributed by atoms with van der Waals surface area (Å²) < 4.78 is 10.9. The van der Waals surface area contributed by atoms with Crippen molar-refractivity contribution in [2.24, 2.45) is 5.11 Å². The van der Waals surface area contributed by atoms with Gasteiger partial charge in [-0.1, -0.05) is 18.5 Å². The molecule has 1 heterocycles. The molecule has 0 bridgehead atoms. The first-order chi connectivity index (χ1) is 10.7. The Labute approximate surface area is 127 Å². The zero-order valence-electron chi connectivity index (χ0n) is 12.2. The maximum atomic E-state index is 12.1. The van der Waals surface area contributed by atoms with Gasteiger partial charge in [0.15, 0.2) is 18.1 Å². The minimum atomic E-state index is -0.397. The summed E-state index contributed by atoms with van der Waals surface area (Å²) in [4.78, 5) is 26.1. The molecule has 0 unspecified atom stereocenters. The first-order valence-electron chi connectivity index (χ1n) is 6.93. The number of azide groups is 1. The van der Waals surface area contributed by atoms with Gasteiger partial charge in [0.25, 0.3) is 5.91 Å². The number of hydrogen-bond donors (Lipinski definition) is 1. The standard InChI is InChI=1S/C14H16N4O4/c1-2-3-4-21-9-5-10(12(19)7-16-18-15)14-11(6-9)17-13(20)8-22-14/h5-6H,2-4,7-8H2,1H3,(H,17,20). The quantitative estimate of drug-likeness (QED) is 0.274. The number of carbonyl (C=O) groups excluding carboxylic acids is 2. The number of fused-ring (bicyclic) bond motifs is 1. The smallest absolute Gasteiger partial charge is 0.262 e. The number of amides is 1. The SMILES string of the molecule is CCCCOc1cc2c(c(C(=O)CN=[N+]=[N-])c1)OCC(=O)N2. The van der Waals surface area contributed by atoms with Gasteiger partial charge >= 0.3 is 0 Å². The van der Waals surface area contributed by atoms with E-state index in [0.29, 0.717) is 18.0 Å². The van der Waals surface area contributed by atoms with Crippen molar-refractivity contribution < 1.29 is 19.1 Å². The number of unbranched alkanes of at least 4 members (excludes halogenated alkanes) is 1. The van der Waals surface area contributed by atoms with Gasteiger partial charge in [0.05, 0.1) is 24.4 Å². The Morgan fingerprint density at radius 1 is 1.55 bits per heavy atom. The fourth-order valence-electron chi connectivity index (χ4n) is 1.98. The zero-order valence-corrected chi connectivity index (χ0v) is 12.2. The predicted octanol–water partition coefficient (Wildman–Crippen LogP) is 2.69.